The summed E-state index contributed by atoms with van der Waals surface area (Å²) in [6, 6.07) is 12.3. The van der Waals surface area contributed by atoms with E-state index in [1.807, 2.05) is 45.0 Å². The molecule has 2 rings (SSSR count). The van der Waals surface area contributed by atoms with E-state index in [1.165, 1.54) is 0 Å². The molecule has 4 nitrogen and oxygen atoms in total. The third-order valence-electron chi connectivity index (χ3n) is 4.56. The number of halogens is 2. The van der Waals surface area contributed by atoms with Crippen molar-refractivity contribution in [3.05, 3.63) is 69.2 Å². The first-order chi connectivity index (χ1) is 13.2. The van der Waals surface area contributed by atoms with Gasteiger partial charge in [-0.05, 0) is 56.5 Å². The number of nitrogens with zero attached hydrogens (tertiary/aromatic N) is 1. The normalized spacial score (nSPS) is 12.0. The quantitative estimate of drug-likeness (QED) is 0.699. The van der Waals surface area contributed by atoms with Crippen molar-refractivity contribution in [2.45, 2.75) is 52.7 Å². The van der Waals surface area contributed by atoms with Gasteiger partial charge in [0.2, 0.25) is 11.8 Å². The lowest BCUT2D eigenvalue weighted by molar-refractivity contribution is -0.140. The highest BCUT2D eigenvalue weighted by molar-refractivity contribution is 6.35. The van der Waals surface area contributed by atoms with Crippen molar-refractivity contribution in [3.63, 3.8) is 0 Å². The molecule has 2 aromatic carbocycles. The Labute approximate surface area is 176 Å². The van der Waals surface area contributed by atoms with E-state index in [9.17, 15) is 9.59 Å². The molecule has 0 radical (unpaired) electrons. The number of carbonyl (C=O) groups excluding carboxylic acids is 2. The summed E-state index contributed by atoms with van der Waals surface area (Å²) < 4.78 is 0. The van der Waals surface area contributed by atoms with Gasteiger partial charge in [-0.15, -0.1) is 0 Å². The Morgan fingerprint density at radius 1 is 1.04 bits per heavy atom. The largest absolute Gasteiger partial charge is 0.352 e. The molecule has 0 heterocycles. The highest BCUT2D eigenvalue weighted by Crippen LogP contribution is 2.24. The summed E-state index contributed by atoms with van der Waals surface area (Å²) in [7, 11) is 0. The van der Waals surface area contributed by atoms with E-state index >= 15 is 0 Å². The highest BCUT2D eigenvalue weighted by atomic mass is 35.5. The lowest BCUT2D eigenvalue weighted by Gasteiger charge is -2.30. The van der Waals surface area contributed by atoms with Gasteiger partial charge in [0.1, 0.15) is 6.04 Å². The van der Waals surface area contributed by atoms with Crippen LogP contribution in [0.5, 0.6) is 0 Å². The molecule has 0 fully saturated rings. The molecule has 0 aliphatic rings. The second-order valence-corrected chi connectivity index (χ2v) is 8.04. The summed E-state index contributed by atoms with van der Waals surface area (Å²) in [5, 5.41) is 3.87. The monoisotopic (exact) mass is 420 g/mol. The number of hydrogen-bond donors (Lipinski definition) is 1. The van der Waals surface area contributed by atoms with Crippen molar-refractivity contribution >= 4 is 35.0 Å². The molecule has 6 heteroatoms. The van der Waals surface area contributed by atoms with Crippen LogP contribution in [0.2, 0.25) is 10.0 Å². The van der Waals surface area contributed by atoms with Crippen LogP contribution in [0.4, 0.5) is 0 Å². The fourth-order valence-corrected chi connectivity index (χ4v) is 3.36. The van der Waals surface area contributed by atoms with Crippen LogP contribution in [0, 0.1) is 6.92 Å². The van der Waals surface area contributed by atoms with Gasteiger partial charge in [0, 0.05) is 22.6 Å². The number of amides is 2. The maximum atomic E-state index is 13.2. The topological polar surface area (TPSA) is 49.4 Å². The van der Waals surface area contributed by atoms with Crippen LogP contribution in [0.3, 0.4) is 0 Å². The van der Waals surface area contributed by atoms with Gasteiger partial charge in [-0.25, -0.2) is 0 Å². The lowest BCUT2D eigenvalue weighted by Crippen LogP contribution is -2.49. The zero-order valence-corrected chi connectivity index (χ0v) is 18.1. The molecule has 0 aliphatic heterocycles. The zero-order chi connectivity index (χ0) is 20.8. The molecule has 28 heavy (non-hydrogen) atoms. The predicted molar refractivity (Wildman–Crippen MR) is 115 cm³/mol. The van der Waals surface area contributed by atoms with Crippen molar-refractivity contribution in [3.8, 4) is 0 Å². The minimum Gasteiger partial charge on any atom is -0.352 e. The molecular formula is C22H26Cl2N2O2. The SMILES string of the molecule is Cc1ccccc1CC(=O)N(Cc1ccc(Cl)cc1Cl)[C@@H](C)C(=O)NC(C)C. The summed E-state index contributed by atoms with van der Waals surface area (Å²) in [5.74, 6) is -0.329. The number of carbonyl (C=O) groups is 2. The molecule has 150 valence electrons. The van der Waals surface area contributed by atoms with Crippen LogP contribution < -0.4 is 5.32 Å². The summed E-state index contributed by atoms with van der Waals surface area (Å²) >= 11 is 12.3. The Kier molecular flexibility index (Phi) is 7.90. The van der Waals surface area contributed by atoms with Crippen LogP contribution in [-0.4, -0.2) is 28.8 Å². The molecule has 0 spiro atoms. The van der Waals surface area contributed by atoms with Crippen LogP contribution in [0.1, 0.15) is 37.5 Å². The molecule has 2 aromatic rings. The molecule has 0 unspecified atom stereocenters. The van der Waals surface area contributed by atoms with Crippen molar-refractivity contribution in [2.24, 2.45) is 0 Å². The number of aryl methyl sites for hydroxylation is 1. The summed E-state index contributed by atoms with van der Waals surface area (Å²) in [4.78, 5) is 27.3. The minimum absolute atomic E-state index is 0.0117. The summed E-state index contributed by atoms with van der Waals surface area (Å²) in [5.41, 5.74) is 2.73. The second-order valence-electron chi connectivity index (χ2n) is 7.20. The average molecular weight is 421 g/mol. The first-order valence-electron chi connectivity index (χ1n) is 9.27. The number of nitrogens with one attached hydrogen (secondary N) is 1. The fourth-order valence-electron chi connectivity index (χ4n) is 2.89. The Balaban J connectivity index is 2.30. The van der Waals surface area contributed by atoms with Crippen molar-refractivity contribution < 1.29 is 9.59 Å². The van der Waals surface area contributed by atoms with Gasteiger partial charge in [-0.1, -0.05) is 53.5 Å². The molecule has 0 saturated heterocycles. The Morgan fingerprint density at radius 2 is 1.71 bits per heavy atom. The molecule has 2 amide bonds. The molecule has 0 aromatic heterocycles. The van der Waals surface area contributed by atoms with Crippen LogP contribution in [0.15, 0.2) is 42.5 Å². The third-order valence-corrected chi connectivity index (χ3v) is 5.14. The molecule has 0 bridgehead atoms. The Bertz CT molecular complexity index is 852. The van der Waals surface area contributed by atoms with Crippen molar-refractivity contribution in [1.29, 1.82) is 0 Å². The summed E-state index contributed by atoms with van der Waals surface area (Å²) in [6.45, 7) is 7.71. The first-order valence-corrected chi connectivity index (χ1v) is 10.0. The Hall–Kier alpha value is -2.04. The van der Waals surface area contributed by atoms with Gasteiger partial charge >= 0.3 is 0 Å². The smallest absolute Gasteiger partial charge is 0.242 e. The highest BCUT2D eigenvalue weighted by Gasteiger charge is 2.27. The van der Waals surface area contributed by atoms with E-state index in [0.717, 1.165) is 16.7 Å². The molecule has 1 atom stereocenters. The molecular weight excluding hydrogens is 395 g/mol. The average Bonchev–Trinajstić information content (AvgIpc) is 2.61. The number of rotatable bonds is 7. The number of benzene rings is 2. The maximum Gasteiger partial charge on any atom is 0.242 e. The minimum atomic E-state index is -0.634. The van der Waals surface area contributed by atoms with Gasteiger partial charge in [0.15, 0.2) is 0 Å². The zero-order valence-electron chi connectivity index (χ0n) is 16.6. The van der Waals surface area contributed by atoms with Gasteiger partial charge in [0.25, 0.3) is 0 Å². The Morgan fingerprint density at radius 3 is 2.32 bits per heavy atom. The number of hydrogen-bond acceptors (Lipinski definition) is 2. The fraction of sp³-hybridized carbons (Fsp3) is 0.364. The van der Waals surface area contributed by atoms with Gasteiger partial charge in [-0.2, -0.15) is 0 Å². The van der Waals surface area contributed by atoms with Gasteiger partial charge in [0.05, 0.1) is 6.42 Å². The van der Waals surface area contributed by atoms with Crippen LogP contribution >= 0.6 is 23.2 Å². The van der Waals surface area contributed by atoms with E-state index in [1.54, 1.807) is 30.0 Å². The first kappa shape index (κ1) is 22.3. The molecule has 0 aliphatic carbocycles. The predicted octanol–water partition coefficient (Wildman–Crippen LogP) is 4.79. The van der Waals surface area contributed by atoms with E-state index in [2.05, 4.69) is 5.32 Å². The van der Waals surface area contributed by atoms with Crippen molar-refractivity contribution in [1.82, 2.24) is 10.2 Å². The second kappa shape index (κ2) is 9.94. The van der Waals surface area contributed by atoms with Crippen LogP contribution in [0.25, 0.3) is 0 Å². The van der Waals surface area contributed by atoms with E-state index in [4.69, 9.17) is 23.2 Å². The lowest BCUT2D eigenvalue weighted by atomic mass is 10.0. The molecule has 0 saturated carbocycles. The standard InChI is InChI=1S/C22H26Cl2N2O2/c1-14(2)25-22(28)16(4)26(13-18-9-10-19(23)12-20(18)24)21(27)11-17-8-6-5-7-15(17)3/h5-10,12,14,16H,11,13H2,1-4H3,(H,25,28)/t16-/m0/s1. The van der Waals surface area contributed by atoms with Crippen molar-refractivity contribution in [2.75, 3.05) is 0 Å². The van der Waals surface area contributed by atoms with Gasteiger partial charge < -0.3 is 10.2 Å². The van der Waals surface area contributed by atoms with E-state index in [-0.39, 0.29) is 30.8 Å². The third kappa shape index (κ3) is 5.98. The maximum absolute atomic E-state index is 13.2. The van der Waals surface area contributed by atoms with E-state index < -0.39 is 6.04 Å². The molecule has 1 N–H and O–H groups in total. The van der Waals surface area contributed by atoms with E-state index in [0.29, 0.717) is 10.0 Å². The summed E-state index contributed by atoms with van der Waals surface area (Å²) in [6.07, 6.45) is 0.219. The van der Waals surface area contributed by atoms with Crippen LogP contribution in [-0.2, 0) is 22.6 Å². The van der Waals surface area contributed by atoms with Gasteiger partial charge in [-0.3, -0.25) is 9.59 Å².